The van der Waals surface area contributed by atoms with Crippen molar-refractivity contribution in [3.8, 4) is 11.3 Å². The van der Waals surface area contributed by atoms with Crippen molar-refractivity contribution in [1.82, 2.24) is 19.8 Å². The van der Waals surface area contributed by atoms with E-state index in [0.717, 1.165) is 34.3 Å². The zero-order valence-corrected chi connectivity index (χ0v) is 18.2. The highest BCUT2D eigenvalue weighted by atomic mass is 16.2. The van der Waals surface area contributed by atoms with Gasteiger partial charge in [0, 0.05) is 43.0 Å². The van der Waals surface area contributed by atoms with Gasteiger partial charge in [0.25, 0.3) is 5.91 Å². The lowest BCUT2D eigenvalue weighted by Gasteiger charge is -2.45. The summed E-state index contributed by atoms with van der Waals surface area (Å²) in [5.41, 5.74) is 3.37. The van der Waals surface area contributed by atoms with Crippen LogP contribution < -0.4 is 0 Å². The highest BCUT2D eigenvalue weighted by molar-refractivity contribution is 6.07. The van der Waals surface area contributed by atoms with Crippen LogP contribution in [0.1, 0.15) is 42.5 Å². The van der Waals surface area contributed by atoms with Crippen LogP contribution >= 0.6 is 0 Å². The van der Waals surface area contributed by atoms with Crippen LogP contribution in [-0.2, 0) is 0 Å². The van der Waals surface area contributed by atoms with E-state index in [-0.39, 0.29) is 5.91 Å². The summed E-state index contributed by atoms with van der Waals surface area (Å²) in [4.78, 5) is 27.2. The Morgan fingerprint density at radius 1 is 1.06 bits per heavy atom. The fourth-order valence-corrected chi connectivity index (χ4v) is 5.45. The third-order valence-corrected chi connectivity index (χ3v) is 7.01. The first-order valence-electron chi connectivity index (χ1n) is 11.5. The number of hydrogen-bond donors (Lipinski definition) is 0. The number of piperidine rings is 2. The Morgan fingerprint density at radius 3 is 2.74 bits per heavy atom. The molecule has 2 aliphatic heterocycles. The molecule has 2 aromatic heterocycles. The van der Waals surface area contributed by atoms with Gasteiger partial charge in [0.05, 0.1) is 16.8 Å². The SMILES string of the molecule is CN(CC1CCCN2CCCCC12)C(=O)c1cc(-c2ccncc2)nc2ccccc12. The second-order valence-corrected chi connectivity index (χ2v) is 9.00. The maximum atomic E-state index is 13.6. The molecule has 0 N–H and O–H groups in total. The van der Waals surface area contributed by atoms with Crippen LogP contribution in [0.4, 0.5) is 0 Å². The number of pyridine rings is 2. The summed E-state index contributed by atoms with van der Waals surface area (Å²) in [5, 5.41) is 0.917. The fraction of sp³-hybridized carbons (Fsp3) is 0.423. The van der Waals surface area contributed by atoms with E-state index in [1.54, 1.807) is 12.4 Å². The van der Waals surface area contributed by atoms with Crippen molar-refractivity contribution in [2.24, 2.45) is 5.92 Å². The molecular formula is C26H30N4O. The molecule has 5 heteroatoms. The molecule has 2 unspecified atom stereocenters. The van der Waals surface area contributed by atoms with Crippen LogP contribution in [0.25, 0.3) is 22.2 Å². The minimum Gasteiger partial charge on any atom is -0.341 e. The third kappa shape index (κ3) is 4.07. The summed E-state index contributed by atoms with van der Waals surface area (Å²) in [6, 6.07) is 14.4. The first-order valence-corrected chi connectivity index (χ1v) is 11.5. The molecule has 2 aliphatic rings. The molecule has 0 aliphatic carbocycles. The summed E-state index contributed by atoms with van der Waals surface area (Å²) < 4.78 is 0. The van der Waals surface area contributed by atoms with Gasteiger partial charge in [0.15, 0.2) is 0 Å². The molecule has 0 radical (unpaired) electrons. The molecule has 160 valence electrons. The Morgan fingerprint density at radius 2 is 1.87 bits per heavy atom. The van der Waals surface area contributed by atoms with Crippen molar-refractivity contribution in [2.75, 3.05) is 26.7 Å². The van der Waals surface area contributed by atoms with Gasteiger partial charge >= 0.3 is 0 Å². The summed E-state index contributed by atoms with van der Waals surface area (Å²) in [7, 11) is 1.96. The normalized spacial score (nSPS) is 21.6. The number of nitrogens with zero attached hydrogens (tertiary/aromatic N) is 4. The molecule has 2 atom stereocenters. The number of para-hydroxylation sites is 1. The van der Waals surface area contributed by atoms with Gasteiger partial charge < -0.3 is 9.80 Å². The zero-order valence-electron chi connectivity index (χ0n) is 18.2. The highest BCUT2D eigenvalue weighted by Crippen LogP contribution is 2.32. The number of amides is 1. The van der Waals surface area contributed by atoms with Crippen LogP contribution in [0.5, 0.6) is 0 Å². The quantitative estimate of drug-likeness (QED) is 0.624. The van der Waals surface area contributed by atoms with E-state index in [4.69, 9.17) is 4.98 Å². The lowest BCUT2D eigenvalue weighted by atomic mass is 9.83. The standard InChI is InChI=1S/C26H30N4O/c1-29(18-20-7-6-16-30-15-5-4-10-25(20)30)26(31)22-17-24(19-11-13-27-14-12-19)28-23-9-3-2-8-21(22)23/h2-3,8-9,11-14,17,20,25H,4-7,10,15-16,18H2,1H3. The Labute approximate surface area is 184 Å². The van der Waals surface area contributed by atoms with E-state index in [1.165, 1.54) is 45.2 Å². The topological polar surface area (TPSA) is 49.3 Å². The lowest BCUT2D eigenvalue weighted by molar-refractivity contribution is 0.0403. The maximum absolute atomic E-state index is 13.6. The van der Waals surface area contributed by atoms with Gasteiger partial charge in [-0.3, -0.25) is 9.78 Å². The fourth-order valence-electron chi connectivity index (χ4n) is 5.45. The molecule has 0 bridgehead atoms. The Bertz CT molecular complexity index is 1070. The number of aromatic nitrogens is 2. The van der Waals surface area contributed by atoms with E-state index in [1.807, 2.05) is 54.4 Å². The first kappa shape index (κ1) is 20.1. The molecule has 1 amide bonds. The van der Waals surface area contributed by atoms with Crippen molar-refractivity contribution >= 4 is 16.8 Å². The smallest absolute Gasteiger partial charge is 0.254 e. The van der Waals surface area contributed by atoms with Crippen LogP contribution in [0.15, 0.2) is 54.9 Å². The molecule has 4 heterocycles. The van der Waals surface area contributed by atoms with Crippen LogP contribution in [0.2, 0.25) is 0 Å². The van der Waals surface area contributed by atoms with Crippen molar-refractivity contribution in [2.45, 2.75) is 38.1 Å². The van der Waals surface area contributed by atoms with Crippen molar-refractivity contribution in [1.29, 1.82) is 0 Å². The second-order valence-electron chi connectivity index (χ2n) is 9.00. The first-order chi connectivity index (χ1) is 15.2. The van der Waals surface area contributed by atoms with Crippen molar-refractivity contribution < 1.29 is 4.79 Å². The van der Waals surface area contributed by atoms with E-state index in [0.29, 0.717) is 12.0 Å². The van der Waals surface area contributed by atoms with Crippen LogP contribution in [0, 0.1) is 5.92 Å². The van der Waals surface area contributed by atoms with Gasteiger partial charge in [-0.2, -0.15) is 0 Å². The average Bonchev–Trinajstić information content (AvgIpc) is 2.83. The number of fused-ring (bicyclic) bond motifs is 2. The molecule has 2 fully saturated rings. The minimum atomic E-state index is 0.0850. The molecule has 5 nitrogen and oxygen atoms in total. The van der Waals surface area contributed by atoms with Gasteiger partial charge in [-0.25, -0.2) is 4.98 Å². The Hall–Kier alpha value is -2.79. The van der Waals surface area contributed by atoms with Gasteiger partial charge in [-0.05, 0) is 69.0 Å². The molecular weight excluding hydrogens is 384 g/mol. The Balaban J connectivity index is 1.44. The maximum Gasteiger partial charge on any atom is 0.254 e. The van der Waals surface area contributed by atoms with Gasteiger partial charge in [-0.1, -0.05) is 24.6 Å². The van der Waals surface area contributed by atoms with Crippen LogP contribution in [0.3, 0.4) is 0 Å². The number of benzene rings is 1. The number of hydrogen-bond acceptors (Lipinski definition) is 4. The third-order valence-electron chi connectivity index (χ3n) is 7.01. The van der Waals surface area contributed by atoms with E-state index < -0.39 is 0 Å². The highest BCUT2D eigenvalue weighted by Gasteiger charge is 2.34. The number of rotatable bonds is 4. The summed E-state index contributed by atoms with van der Waals surface area (Å²) in [6.45, 7) is 3.27. The van der Waals surface area contributed by atoms with Crippen molar-refractivity contribution in [3.63, 3.8) is 0 Å². The monoisotopic (exact) mass is 414 g/mol. The number of carbonyl (C=O) groups excluding carboxylic acids is 1. The molecule has 1 aromatic carbocycles. The Kier molecular flexibility index (Phi) is 5.68. The molecule has 2 saturated heterocycles. The van der Waals surface area contributed by atoms with Gasteiger partial charge in [0.1, 0.15) is 0 Å². The van der Waals surface area contributed by atoms with E-state index >= 15 is 0 Å². The molecule has 0 spiro atoms. The second kappa shape index (κ2) is 8.75. The van der Waals surface area contributed by atoms with Gasteiger partial charge in [0.2, 0.25) is 0 Å². The molecule has 0 saturated carbocycles. The molecule has 3 aromatic rings. The summed E-state index contributed by atoms with van der Waals surface area (Å²) in [6.07, 6.45) is 9.90. The number of carbonyl (C=O) groups is 1. The average molecular weight is 415 g/mol. The van der Waals surface area contributed by atoms with E-state index in [9.17, 15) is 4.79 Å². The van der Waals surface area contributed by atoms with Crippen LogP contribution in [-0.4, -0.2) is 58.4 Å². The van der Waals surface area contributed by atoms with E-state index in [2.05, 4.69) is 9.88 Å². The predicted octanol–water partition coefficient (Wildman–Crippen LogP) is 4.63. The predicted molar refractivity (Wildman–Crippen MR) is 124 cm³/mol. The molecule has 31 heavy (non-hydrogen) atoms. The zero-order chi connectivity index (χ0) is 21.2. The summed E-state index contributed by atoms with van der Waals surface area (Å²) >= 11 is 0. The van der Waals surface area contributed by atoms with Crippen molar-refractivity contribution in [3.05, 3.63) is 60.4 Å². The van der Waals surface area contributed by atoms with Gasteiger partial charge in [-0.15, -0.1) is 0 Å². The summed E-state index contributed by atoms with van der Waals surface area (Å²) in [5.74, 6) is 0.651. The molecule has 5 rings (SSSR count). The largest absolute Gasteiger partial charge is 0.341 e. The lowest BCUT2D eigenvalue weighted by Crippen LogP contribution is -2.51. The minimum absolute atomic E-state index is 0.0850.